The summed E-state index contributed by atoms with van der Waals surface area (Å²) in [7, 11) is -1.07. The van der Waals surface area contributed by atoms with Gasteiger partial charge in [0.05, 0.1) is 30.2 Å². The molecule has 0 bridgehead atoms. The maximum atomic E-state index is 9.89. The monoisotopic (exact) mass is 388 g/mol. The van der Waals surface area contributed by atoms with Gasteiger partial charge in [-0.05, 0) is 37.5 Å². The number of anilines is 3. The topological polar surface area (TPSA) is 127 Å². The molecule has 3 N–H and O–H groups in total. The molecule has 8 nitrogen and oxygen atoms in total. The van der Waals surface area contributed by atoms with Crippen LogP contribution in [-0.4, -0.2) is 28.2 Å². The summed E-state index contributed by atoms with van der Waals surface area (Å²) in [5, 5.41) is 35.3. The van der Waals surface area contributed by atoms with Crippen LogP contribution >= 0.6 is 0 Å². The molecular weight excluding hydrogens is 367 g/mol. The average Bonchev–Trinajstić information content (AvgIpc) is 3.11. The maximum Gasteiger partial charge on any atom is 0.493 e. The molecular formula is C20H21BN6O2. The lowest BCUT2D eigenvalue weighted by Crippen LogP contribution is -2.32. The van der Waals surface area contributed by atoms with E-state index in [9.17, 15) is 15.5 Å². The van der Waals surface area contributed by atoms with Crippen molar-refractivity contribution < 1.29 is 9.68 Å². The van der Waals surface area contributed by atoms with Crippen molar-refractivity contribution >= 4 is 30.0 Å². The van der Waals surface area contributed by atoms with Gasteiger partial charge in [-0.15, -0.1) is 0 Å². The number of benzene rings is 1. The molecule has 0 radical (unpaired) electrons. The predicted molar refractivity (Wildman–Crippen MR) is 109 cm³/mol. The fraction of sp³-hybridized carbons (Fsp3) is 0.400. The molecule has 2 unspecified atom stereocenters. The molecule has 2 atom stereocenters. The molecule has 1 aromatic carbocycles. The van der Waals surface area contributed by atoms with E-state index in [4.69, 9.17) is 4.65 Å². The number of aromatic nitrogens is 2. The van der Waals surface area contributed by atoms with E-state index in [-0.39, 0.29) is 18.6 Å². The fourth-order valence-corrected chi connectivity index (χ4v) is 3.95. The summed E-state index contributed by atoms with van der Waals surface area (Å²) < 4.78 is 5.22. The fourth-order valence-electron chi connectivity index (χ4n) is 3.95. The SMILES string of the molecule is Cc1cnc(Nc2cc(C#N)c3c(c2)COB3O)nc1NC1CCCCC1C#N. The van der Waals surface area contributed by atoms with Gasteiger partial charge in [0.2, 0.25) is 5.95 Å². The molecule has 1 aromatic heterocycles. The quantitative estimate of drug-likeness (QED) is 0.680. The summed E-state index contributed by atoms with van der Waals surface area (Å²) in [4.78, 5) is 8.93. The van der Waals surface area contributed by atoms with Crippen molar-refractivity contribution in [2.24, 2.45) is 5.92 Å². The summed E-state index contributed by atoms with van der Waals surface area (Å²) in [6.45, 7) is 2.18. The molecule has 0 saturated heterocycles. The van der Waals surface area contributed by atoms with Gasteiger partial charge in [0.15, 0.2) is 0 Å². The number of hydrogen-bond donors (Lipinski definition) is 3. The third-order valence-corrected chi connectivity index (χ3v) is 5.51. The third kappa shape index (κ3) is 3.88. The van der Waals surface area contributed by atoms with Crippen molar-refractivity contribution in [2.75, 3.05) is 10.6 Å². The highest BCUT2D eigenvalue weighted by molar-refractivity contribution is 6.62. The van der Waals surface area contributed by atoms with E-state index < -0.39 is 7.12 Å². The minimum absolute atomic E-state index is 0.0177. The van der Waals surface area contributed by atoms with Crippen LogP contribution in [0.15, 0.2) is 18.3 Å². The summed E-state index contributed by atoms with van der Waals surface area (Å²) in [6.07, 6.45) is 5.77. The summed E-state index contributed by atoms with van der Waals surface area (Å²) in [6, 6.07) is 8.07. The Labute approximate surface area is 169 Å². The van der Waals surface area contributed by atoms with E-state index in [0.29, 0.717) is 28.5 Å². The number of hydrogen-bond acceptors (Lipinski definition) is 8. The second-order valence-electron chi connectivity index (χ2n) is 7.49. The van der Waals surface area contributed by atoms with Gasteiger partial charge in [0, 0.05) is 29.0 Å². The van der Waals surface area contributed by atoms with E-state index in [1.807, 2.05) is 13.0 Å². The molecule has 4 rings (SSSR count). The lowest BCUT2D eigenvalue weighted by molar-refractivity contribution is 0.275. The molecule has 146 valence electrons. The van der Waals surface area contributed by atoms with Crippen molar-refractivity contribution in [3.8, 4) is 12.1 Å². The Hall–Kier alpha value is -3.14. The number of rotatable bonds is 4. The van der Waals surface area contributed by atoms with Gasteiger partial charge in [-0.1, -0.05) is 12.8 Å². The van der Waals surface area contributed by atoms with E-state index >= 15 is 0 Å². The van der Waals surface area contributed by atoms with Crippen LogP contribution < -0.4 is 16.1 Å². The normalized spacial score (nSPS) is 20.5. The Balaban J connectivity index is 1.57. The van der Waals surface area contributed by atoms with Crippen molar-refractivity contribution in [1.29, 1.82) is 10.5 Å². The van der Waals surface area contributed by atoms with Crippen LogP contribution in [0.5, 0.6) is 0 Å². The molecule has 0 amide bonds. The third-order valence-electron chi connectivity index (χ3n) is 5.51. The molecule has 1 saturated carbocycles. The highest BCUT2D eigenvalue weighted by Gasteiger charge is 2.31. The molecule has 2 aromatic rings. The number of nitrogens with one attached hydrogen (secondary N) is 2. The standard InChI is InChI=1S/C20H21BN6O2/c1-12-10-24-20(27-19(12)26-17-5-3-2-4-13(17)8-22)25-16-6-14(9-23)18-15(7-16)11-29-21(18)28/h6-7,10,13,17,28H,2-5,11H2,1H3,(H2,24,25,26,27). The van der Waals surface area contributed by atoms with Crippen LogP contribution in [-0.2, 0) is 11.3 Å². The summed E-state index contributed by atoms with van der Waals surface area (Å²) in [5.74, 6) is 1.08. The van der Waals surface area contributed by atoms with Gasteiger partial charge in [0.1, 0.15) is 5.82 Å². The van der Waals surface area contributed by atoms with Gasteiger partial charge in [-0.3, -0.25) is 0 Å². The minimum atomic E-state index is -1.07. The molecule has 1 aliphatic heterocycles. The highest BCUT2D eigenvalue weighted by Crippen LogP contribution is 2.28. The molecule has 9 heteroatoms. The van der Waals surface area contributed by atoms with Gasteiger partial charge < -0.3 is 20.3 Å². The number of nitrogens with zero attached hydrogens (tertiary/aromatic N) is 4. The molecule has 29 heavy (non-hydrogen) atoms. The van der Waals surface area contributed by atoms with Crippen molar-refractivity contribution in [1.82, 2.24) is 9.97 Å². The Kier molecular flexibility index (Phi) is 5.35. The van der Waals surface area contributed by atoms with Gasteiger partial charge in [-0.25, -0.2) is 4.98 Å². The van der Waals surface area contributed by atoms with Crippen molar-refractivity contribution in [3.63, 3.8) is 0 Å². The molecule has 2 heterocycles. The van der Waals surface area contributed by atoms with Crippen LogP contribution in [0.3, 0.4) is 0 Å². The number of fused-ring (bicyclic) bond motifs is 1. The Morgan fingerprint density at radius 1 is 1.28 bits per heavy atom. The highest BCUT2D eigenvalue weighted by atomic mass is 16.5. The number of aryl methyl sites for hydroxylation is 1. The zero-order valence-electron chi connectivity index (χ0n) is 16.1. The second kappa shape index (κ2) is 8.08. The Morgan fingerprint density at radius 3 is 2.90 bits per heavy atom. The number of nitriles is 2. The minimum Gasteiger partial charge on any atom is -0.423 e. The smallest absolute Gasteiger partial charge is 0.423 e. The first kappa shape index (κ1) is 19.2. The summed E-state index contributed by atoms with van der Waals surface area (Å²) in [5.41, 5.74) is 3.20. The van der Waals surface area contributed by atoms with Crippen molar-refractivity contribution in [2.45, 2.75) is 45.3 Å². The predicted octanol–water partition coefficient (Wildman–Crippen LogP) is 2.11. The van der Waals surface area contributed by atoms with Crippen LogP contribution in [0.4, 0.5) is 17.5 Å². The second-order valence-corrected chi connectivity index (χ2v) is 7.49. The molecule has 0 spiro atoms. The molecule has 1 aliphatic carbocycles. The first-order valence-electron chi connectivity index (χ1n) is 9.72. The molecule has 2 aliphatic rings. The molecule has 1 fully saturated rings. The van der Waals surface area contributed by atoms with E-state index in [2.05, 4.69) is 32.7 Å². The van der Waals surface area contributed by atoms with Gasteiger partial charge in [0.25, 0.3) is 0 Å². The average molecular weight is 388 g/mol. The maximum absolute atomic E-state index is 9.89. The van der Waals surface area contributed by atoms with E-state index in [1.165, 1.54) is 0 Å². The van der Waals surface area contributed by atoms with Gasteiger partial charge >= 0.3 is 7.12 Å². The zero-order valence-corrected chi connectivity index (χ0v) is 16.1. The van der Waals surface area contributed by atoms with Crippen LogP contribution in [0.1, 0.15) is 42.4 Å². The van der Waals surface area contributed by atoms with E-state index in [1.54, 1.807) is 12.3 Å². The summed E-state index contributed by atoms with van der Waals surface area (Å²) >= 11 is 0. The lowest BCUT2D eigenvalue weighted by atomic mass is 9.76. The Morgan fingerprint density at radius 2 is 2.10 bits per heavy atom. The lowest BCUT2D eigenvalue weighted by Gasteiger charge is -2.28. The Bertz CT molecular complexity index is 1020. The first-order chi connectivity index (χ1) is 14.1. The van der Waals surface area contributed by atoms with Crippen LogP contribution in [0.25, 0.3) is 0 Å². The van der Waals surface area contributed by atoms with Crippen LogP contribution in [0.2, 0.25) is 0 Å². The van der Waals surface area contributed by atoms with Crippen LogP contribution in [0, 0.1) is 35.5 Å². The zero-order chi connectivity index (χ0) is 20.4. The van der Waals surface area contributed by atoms with Gasteiger partial charge in [-0.2, -0.15) is 15.5 Å². The largest absolute Gasteiger partial charge is 0.493 e. The van der Waals surface area contributed by atoms with E-state index in [0.717, 1.165) is 36.8 Å². The first-order valence-corrected chi connectivity index (χ1v) is 9.72. The van der Waals surface area contributed by atoms with Crippen molar-refractivity contribution in [3.05, 3.63) is 35.0 Å².